The zero-order valence-electron chi connectivity index (χ0n) is 11.4. The fourth-order valence-electron chi connectivity index (χ4n) is 1.51. The predicted octanol–water partition coefficient (Wildman–Crippen LogP) is 2.67. The lowest BCUT2D eigenvalue weighted by Gasteiger charge is -2.14. The largest absolute Gasteiger partial charge is 0.302 e. The fourth-order valence-corrected chi connectivity index (χ4v) is 2.46. The molecular formula is C13H18N4OS. The summed E-state index contributed by atoms with van der Waals surface area (Å²) in [6, 6.07) is 1.84. The van der Waals surface area contributed by atoms with Crippen LogP contribution in [0.5, 0.6) is 0 Å². The van der Waals surface area contributed by atoms with Crippen molar-refractivity contribution < 1.29 is 4.79 Å². The van der Waals surface area contributed by atoms with Crippen molar-refractivity contribution in [1.82, 2.24) is 14.8 Å². The van der Waals surface area contributed by atoms with E-state index in [4.69, 9.17) is 0 Å². The van der Waals surface area contributed by atoms with Crippen molar-refractivity contribution in [3.8, 4) is 0 Å². The monoisotopic (exact) mass is 278 g/mol. The van der Waals surface area contributed by atoms with Gasteiger partial charge in [0.15, 0.2) is 5.13 Å². The Balaban J connectivity index is 1.87. The van der Waals surface area contributed by atoms with Gasteiger partial charge in [0, 0.05) is 36.2 Å². The maximum atomic E-state index is 11.8. The molecule has 0 bridgehead atoms. The van der Waals surface area contributed by atoms with E-state index in [-0.39, 0.29) is 11.3 Å². The van der Waals surface area contributed by atoms with Crippen LogP contribution in [0.15, 0.2) is 23.8 Å². The van der Waals surface area contributed by atoms with E-state index in [0.717, 1.165) is 5.69 Å². The first-order chi connectivity index (χ1) is 8.95. The van der Waals surface area contributed by atoms with Gasteiger partial charge in [0.05, 0.1) is 5.69 Å². The number of aromatic nitrogens is 3. The molecule has 102 valence electrons. The molecule has 0 radical (unpaired) electrons. The van der Waals surface area contributed by atoms with Crippen LogP contribution in [0.3, 0.4) is 0 Å². The number of rotatable bonds is 4. The van der Waals surface area contributed by atoms with Gasteiger partial charge in [-0.1, -0.05) is 20.8 Å². The molecule has 0 saturated carbocycles. The summed E-state index contributed by atoms with van der Waals surface area (Å²) >= 11 is 1.46. The van der Waals surface area contributed by atoms with Crippen molar-refractivity contribution in [2.24, 2.45) is 0 Å². The molecule has 5 nitrogen and oxygen atoms in total. The molecule has 2 aromatic rings. The minimum Gasteiger partial charge on any atom is -0.302 e. The molecule has 6 heteroatoms. The molecule has 0 spiro atoms. The maximum Gasteiger partial charge on any atom is 0.228 e. The molecule has 0 aliphatic carbocycles. The summed E-state index contributed by atoms with van der Waals surface area (Å²) in [7, 11) is 0. The van der Waals surface area contributed by atoms with Crippen molar-refractivity contribution >= 4 is 22.4 Å². The molecule has 0 unspecified atom stereocenters. The van der Waals surface area contributed by atoms with Crippen LogP contribution in [0.4, 0.5) is 5.13 Å². The van der Waals surface area contributed by atoms with Crippen LogP contribution in [0.1, 0.15) is 32.9 Å². The molecule has 0 atom stereocenters. The van der Waals surface area contributed by atoms with E-state index >= 15 is 0 Å². The van der Waals surface area contributed by atoms with Crippen molar-refractivity contribution in [2.75, 3.05) is 5.32 Å². The van der Waals surface area contributed by atoms with Crippen LogP contribution in [-0.2, 0) is 16.8 Å². The van der Waals surface area contributed by atoms with Gasteiger partial charge in [0.2, 0.25) is 5.91 Å². The van der Waals surface area contributed by atoms with Crippen molar-refractivity contribution in [2.45, 2.75) is 39.2 Å². The van der Waals surface area contributed by atoms with Gasteiger partial charge in [-0.05, 0) is 6.07 Å². The number of hydrogen-bond donors (Lipinski definition) is 1. The normalized spacial score (nSPS) is 11.5. The Hall–Kier alpha value is -1.69. The van der Waals surface area contributed by atoms with E-state index in [1.54, 1.807) is 10.9 Å². The standard InChI is InChI=1S/C13H18N4OS/c1-13(2,3)10-9-19-12(15-10)16-11(18)5-8-17-7-4-6-14-17/h4,6-7,9H,5,8H2,1-3H3,(H,15,16,18). The fraction of sp³-hybridized carbons (Fsp3) is 0.462. The third-order valence-electron chi connectivity index (χ3n) is 2.65. The first-order valence-corrected chi connectivity index (χ1v) is 7.06. The van der Waals surface area contributed by atoms with Crippen molar-refractivity contribution in [3.05, 3.63) is 29.5 Å². The molecule has 0 saturated heterocycles. The summed E-state index contributed by atoms with van der Waals surface area (Å²) in [5, 5.41) is 9.53. The van der Waals surface area contributed by atoms with E-state index in [1.807, 2.05) is 17.6 Å². The molecule has 1 amide bonds. The molecule has 2 rings (SSSR count). The quantitative estimate of drug-likeness (QED) is 0.935. The Morgan fingerprint density at radius 2 is 2.26 bits per heavy atom. The van der Waals surface area contributed by atoms with Crippen molar-refractivity contribution in [1.29, 1.82) is 0 Å². The minimum absolute atomic E-state index is 0.00847. The smallest absolute Gasteiger partial charge is 0.228 e. The average Bonchev–Trinajstić information content (AvgIpc) is 2.95. The van der Waals surface area contributed by atoms with Gasteiger partial charge in [0.25, 0.3) is 0 Å². The third kappa shape index (κ3) is 3.89. The predicted molar refractivity (Wildman–Crippen MR) is 76.3 cm³/mol. The Kier molecular flexibility index (Phi) is 3.99. The Morgan fingerprint density at radius 3 is 2.84 bits per heavy atom. The summed E-state index contributed by atoms with van der Waals surface area (Å²) < 4.78 is 1.74. The first kappa shape index (κ1) is 13.7. The van der Waals surface area contributed by atoms with Crippen LogP contribution in [0.25, 0.3) is 0 Å². The Morgan fingerprint density at radius 1 is 1.47 bits per heavy atom. The lowest BCUT2D eigenvalue weighted by molar-refractivity contribution is -0.116. The average molecular weight is 278 g/mol. The van der Waals surface area contributed by atoms with E-state index in [0.29, 0.717) is 18.1 Å². The van der Waals surface area contributed by atoms with Crippen LogP contribution >= 0.6 is 11.3 Å². The zero-order chi connectivity index (χ0) is 13.9. The zero-order valence-corrected chi connectivity index (χ0v) is 12.2. The van der Waals surface area contributed by atoms with Crippen LogP contribution in [0, 0.1) is 0 Å². The number of thiazole rings is 1. The second-order valence-electron chi connectivity index (χ2n) is 5.36. The van der Waals surface area contributed by atoms with Crippen LogP contribution in [0.2, 0.25) is 0 Å². The van der Waals surface area contributed by atoms with E-state index in [2.05, 4.69) is 36.2 Å². The highest BCUT2D eigenvalue weighted by Gasteiger charge is 2.18. The van der Waals surface area contributed by atoms with Crippen LogP contribution in [-0.4, -0.2) is 20.7 Å². The SMILES string of the molecule is CC(C)(C)c1csc(NC(=O)CCn2cccn2)n1. The number of amides is 1. The number of aryl methyl sites for hydroxylation is 1. The van der Waals surface area contributed by atoms with E-state index in [9.17, 15) is 4.79 Å². The molecule has 0 aromatic carbocycles. The lowest BCUT2D eigenvalue weighted by atomic mass is 9.93. The van der Waals surface area contributed by atoms with E-state index in [1.165, 1.54) is 11.3 Å². The molecule has 2 aromatic heterocycles. The second kappa shape index (κ2) is 5.52. The minimum atomic E-state index is -0.0368. The van der Waals surface area contributed by atoms with E-state index < -0.39 is 0 Å². The Labute approximate surface area is 116 Å². The molecule has 0 aliphatic rings. The Bertz CT molecular complexity index is 539. The third-order valence-corrected chi connectivity index (χ3v) is 3.40. The molecule has 0 aliphatic heterocycles. The van der Waals surface area contributed by atoms with Gasteiger partial charge < -0.3 is 5.32 Å². The number of hydrogen-bond acceptors (Lipinski definition) is 4. The van der Waals surface area contributed by atoms with Gasteiger partial charge in [0.1, 0.15) is 0 Å². The maximum absolute atomic E-state index is 11.8. The van der Waals surface area contributed by atoms with Crippen molar-refractivity contribution in [3.63, 3.8) is 0 Å². The number of nitrogens with one attached hydrogen (secondary N) is 1. The molecule has 19 heavy (non-hydrogen) atoms. The van der Waals surface area contributed by atoms with Gasteiger partial charge >= 0.3 is 0 Å². The lowest BCUT2D eigenvalue weighted by Crippen LogP contribution is -2.15. The number of carbonyl (C=O) groups excluding carboxylic acids is 1. The van der Waals surface area contributed by atoms with Gasteiger partial charge in [-0.2, -0.15) is 5.10 Å². The molecule has 2 heterocycles. The molecular weight excluding hydrogens is 260 g/mol. The highest BCUT2D eigenvalue weighted by molar-refractivity contribution is 7.13. The number of anilines is 1. The molecule has 1 N–H and O–H groups in total. The highest BCUT2D eigenvalue weighted by Crippen LogP contribution is 2.26. The second-order valence-corrected chi connectivity index (χ2v) is 6.21. The van der Waals surface area contributed by atoms with Gasteiger partial charge in [-0.15, -0.1) is 11.3 Å². The number of nitrogens with zero attached hydrogens (tertiary/aromatic N) is 3. The van der Waals surface area contributed by atoms with Crippen LogP contribution < -0.4 is 5.32 Å². The summed E-state index contributed by atoms with van der Waals surface area (Å²) in [6.45, 7) is 6.89. The first-order valence-electron chi connectivity index (χ1n) is 6.18. The van der Waals surface area contributed by atoms with Gasteiger partial charge in [-0.25, -0.2) is 4.98 Å². The summed E-state index contributed by atoms with van der Waals surface area (Å²) in [5.41, 5.74) is 1.01. The highest BCUT2D eigenvalue weighted by atomic mass is 32.1. The summed E-state index contributed by atoms with van der Waals surface area (Å²) in [6.07, 6.45) is 3.94. The summed E-state index contributed by atoms with van der Waals surface area (Å²) in [4.78, 5) is 16.2. The molecule has 0 fully saturated rings. The number of carbonyl (C=O) groups is 1. The topological polar surface area (TPSA) is 59.8 Å². The summed E-state index contributed by atoms with van der Waals surface area (Å²) in [5.74, 6) is -0.0368. The van der Waals surface area contributed by atoms with Gasteiger partial charge in [-0.3, -0.25) is 9.48 Å².